The highest BCUT2D eigenvalue weighted by molar-refractivity contribution is 7.20. The van der Waals surface area contributed by atoms with Gasteiger partial charge in [-0.05, 0) is 23.8 Å². The molecule has 2 nitrogen and oxygen atoms in total. The summed E-state index contributed by atoms with van der Waals surface area (Å²) in [6, 6.07) is 9.12. The molecule has 0 aliphatic carbocycles. The molecule has 2 N–H and O–H groups in total. The van der Waals surface area contributed by atoms with Gasteiger partial charge in [-0.25, -0.2) is 0 Å². The predicted octanol–water partition coefficient (Wildman–Crippen LogP) is 4.11. The lowest BCUT2D eigenvalue weighted by atomic mass is 10.0. The maximum Gasteiger partial charge on any atom is 0.119 e. The minimum absolute atomic E-state index is 0.290. The van der Waals surface area contributed by atoms with Crippen molar-refractivity contribution < 1.29 is 4.74 Å². The molecule has 1 heterocycles. The molecule has 5 heteroatoms. The van der Waals surface area contributed by atoms with Gasteiger partial charge in [0.15, 0.2) is 0 Å². The van der Waals surface area contributed by atoms with Crippen molar-refractivity contribution in [2.45, 2.75) is 6.04 Å². The largest absolute Gasteiger partial charge is 0.497 e. The first-order chi connectivity index (χ1) is 8.11. The molecule has 0 fully saturated rings. The average Bonchev–Trinajstić information content (AvgIpc) is 2.67. The molecule has 0 saturated heterocycles. The zero-order valence-electron chi connectivity index (χ0n) is 9.11. The van der Waals surface area contributed by atoms with E-state index in [0.717, 1.165) is 16.9 Å². The topological polar surface area (TPSA) is 35.2 Å². The molecule has 0 spiro atoms. The third-order valence-corrected chi connectivity index (χ3v) is 3.99. The van der Waals surface area contributed by atoms with Crippen molar-refractivity contribution in [1.29, 1.82) is 0 Å². The third-order valence-electron chi connectivity index (χ3n) is 2.47. The average molecular weight is 288 g/mol. The summed E-state index contributed by atoms with van der Waals surface area (Å²) in [4.78, 5) is 0. The fourth-order valence-electron chi connectivity index (χ4n) is 1.58. The molecular weight excluding hydrogens is 277 g/mol. The molecule has 0 radical (unpaired) electrons. The summed E-state index contributed by atoms with van der Waals surface area (Å²) in [7, 11) is 1.62. The second-order valence-electron chi connectivity index (χ2n) is 3.53. The van der Waals surface area contributed by atoms with E-state index in [9.17, 15) is 0 Å². The van der Waals surface area contributed by atoms with Crippen LogP contribution in [0, 0.1) is 0 Å². The highest BCUT2D eigenvalue weighted by Crippen LogP contribution is 2.36. The number of benzene rings is 1. The number of thiophene rings is 1. The molecule has 0 aliphatic heterocycles. The first-order valence-corrected chi connectivity index (χ1v) is 6.53. The Hall–Kier alpha value is -0.740. The van der Waals surface area contributed by atoms with E-state index < -0.39 is 0 Å². The number of methoxy groups -OCH3 is 1. The van der Waals surface area contributed by atoms with E-state index >= 15 is 0 Å². The Morgan fingerprint density at radius 1 is 1.29 bits per heavy atom. The number of hydrogen-bond donors (Lipinski definition) is 1. The van der Waals surface area contributed by atoms with E-state index in [1.54, 1.807) is 13.2 Å². The Labute approximate surface area is 114 Å². The van der Waals surface area contributed by atoms with Crippen LogP contribution in [0.5, 0.6) is 5.75 Å². The first kappa shape index (κ1) is 12.7. The molecule has 2 aromatic rings. The molecule has 2 rings (SSSR count). The van der Waals surface area contributed by atoms with Crippen LogP contribution >= 0.6 is 34.5 Å². The van der Waals surface area contributed by atoms with Crippen molar-refractivity contribution in [3.63, 3.8) is 0 Å². The van der Waals surface area contributed by atoms with Gasteiger partial charge in [0.25, 0.3) is 0 Å². The fraction of sp³-hybridized carbons (Fsp3) is 0.167. The summed E-state index contributed by atoms with van der Waals surface area (Å²) in [5, 5.41) is 0. The van der Waals surface area contributed by atoms with Crippen LogP contribution in [0.4, 0.5) is 0 Å². The van der Waals surface area contributed by atoms with Crippen molar-refractivity contribution >= 4 is 34.5 Å². The van der Waals surface area contributed by atoms with Gasteiger partial charge in [0.2, 0.25) is 0 Å². The van der Waals surface area contributed by atoms with Crippen molar-refractivity contribution in [3.05, 3.63) is 50.1 Å². The molecule has 0 saturated carbocycles. The Kier molecular flexibility index (Phi) is 3.94. The van der Waals surface area contributed by atoms with Gasteiger partial charge in [-0.3, -0.25) is 0 Å². The van der Waals surface area contributed by atoms with Crippen molar-refractivity contribution in [2.75, 3.05) is 7.11 Å². The van der Waals surface area contributed by atoms with Crippen molar-refractivity contribution in [2.24, 2.45) is 5.73 Å². The van der Waals surface area contributed by atoms with E-state index in [4.69, 9.17) is 33.7 Å². The smallest absolute Gasteiger partial charge is 0.119 e. The van der Waals surface area contributed by atoms with Gasteiger partial charge >= 0.3 is 0 Å². The molecule has 1 unspecified atom stereocenters. The maximum atomic E-state index is 6.16. The van der Waals surface area contributed by atoms with Crippen molar-refractivity contribution in [1.82, 2.24) is 0 Å². The first-order valence-electron chi connectivity index (χ1n) is 4.96. The van der Waals surface area contributed by atoms with Gasteiger partial charge in [-0.2, -0.15) is 0 Å². The Morgan fingerprint density at radius 2 is 2.06 bits per heavy atom. The van der Waals surface area contributed by atoms with Gasteiger partial charge in [0.1, 0.15) is 5.75 Å². The maximum absolute atomic E-state index is 6.16. The minimum Gasteiger partial charge on any atom is -0.497 e. The van der Waals surface area contributed by atoms with Crippen LogP contribution in [0.25, 0.3) is 0 Å². The number of nitrogens with two attached hydrogens (primary N) is 1. The summed E-state index contributed by atoms with van der Waals surface area (Å²) >= 11 is 13.3. The van der Waals surface area contributed by atoms with Crippen LogP contribution in [0.3, 0.4) is 0 Å². The fourth-order valence-corrected chi connectivity index (χ4v) is 3.13. The minimum atomic E-state index is -0.290. The number of ether oxygens (including phenoxy) is 1. The summed E-state index contributed by atoms with van der Waals surface area (Å²) in [6.07, 6.45) is 0. The lowest BCUT2D eigenvalue weighted by Gasteiger charge is -2.12. The monoisotopic (exact) mass is 287 g/mol. The van der Waals surface area contributed by atoms with E-state index in [0.29, 0.717) is 8.67 Å². The number of halogens is 2. The Morgan fingerprint density at radius 3 is 2.65 bits per heavy atom. The molecule has 0 bridgehead atoms. The quantitative estimate of drug-likeness (QED) is 0.922. The standard InChI is InChI=1S/C12H11Cl2NOS/c1-16-8-4-2-3-7(5-8)11(15)9-6-10(13)17-12(9)14/h2-6,11H,15H2,1H3. The highest BCUT2D eigenvalue weighted by Gasteiger charge is 2.16. The van der Waals surface area contributed by atoms with Crippen LogP contribution in [-0.4, -0.2) is 7.11 Å². The lowest BCUT2D eigenvalue weighted by molar-refractivity contribution is 0.414. The molecule has 0 amide bonds. The summed E-state index contributed by atoms with van der Waals surface area (Å²) in [5.41, 5.74) is 7.95. The third kappa shape index (κ3) is 2.75. The predicted molar refractivity (Wildman–Crippen MR) is 73.4 cm³/mol. The van der Waals surface area contributed by atoms with Gasteiger partial charge in [0, 0.05) is 5.56 Å². The highest BCUT2D eigenvalue weighted by atomic mass is 35.5. The normalized spacial score (nSPS) is 12.5. The zero-order chi connectivity index (χ0) is 12.4. The van der Waals surface area contributed by atoms with Crippen LogP contribution in [0.15, 0.2) is 30.3 Å². The summed E-state index contributed by atoms with van der Waals surface area (Å²) < 4.78 is 6.44. The van der Waals surface area contributed by atoms with Crippen LogP contribution in [0.2, 0.25) is 8.67 Å². The molecule has 1 aromatic heterocycles. The second-order valence-corrected chi connectivity index (χ2v) is 5.82. The molecule has 1 aromatic carbocycles. The number of rotatable bonds is 3. The molecule has 1 atom stereocenters. The van der Waals surface area contributed by atoms with E-state index in [-0.39, 0.29) is 6.04 Å². The SMILES string of the molecule is COc1cccc(C(N)c2cc(Cl)sc2Cl)c1. The van der Waals surface area contributed by atoms with E-state index in [1.165, 1.54) is 11.3 Å². The van der Waals surface area contributed by atoms with Crippen LogP contribution in [0.1, 0.15) is 17.2 Å². The molecular formula is C12H11Cl2NOS. The second kappa shape index (κ2) is 5.27. The van der Waals surface area contributed by atoms with E-state index in [2.05, 4.69) is 0 Å². The number of hydrogen-bond acceptors (Lipinski definition) is 3. The molecule has 0 aliphatic rings. The van der Waals surface area contributed by atoms with Crippen molar-refractivity contribution in [3.8, 4) is 5.75 Å². The van der Waals surface area contributed by atoms with Crippen LogP contribution < -0.4 is 10.5 Å². The van der Waals surface area contributed by atoms with Gasteiger partial charge < -0.3 is 10.5 Å². The summed E-state index contributed by atoms with van der Waals surface area (Å²) in [6.45, 7) is 0. The van der Waals surface area contributed by atoms with Gasteiger partial charge in [-0.15, -0.1) is 11.3 Å². The molecule has 17 heavy (non-hydrogen) atoms. The Bertz CT molecular complexity index is 527. The molecule has 90 valence electrons. The van der Waals surface area contributed by atoms with Gasteiger partial charge in [-0.1, -0.05) is 35.3 Å². The summed E-state index contributed by atoms with van der Waals surface area (Å²) in [5.74, 6) is 0.774. The van der Waals surface area contributed by atoms with Gasteiger partial charge in [0.05, 0.1) is 21.8 Å². The lowest BCUT2D eigenvalue weighted by Crippen LogP contribution is -2.11. The van der Waals surface area contributed by atoms with E-state index in [1.807, 2.05) is 24.3 Å². The van der Waals surface area contributed by atoms with Crippen LogP contribution in [-0.2, 0) is 0 Å². The Balaban J connectivity index is 2.36. The zero-order valence-corrected chi connectivity index (χ0v) is 11.4.